The number of piperidine rings is 1. The number of ketones is 1. The lowest BCUT2D eigenvalue weighted by Crippen LogP contribution is -2.54. The van der Waals surface area contributed by atoms with Crippen molar-refractivity contribution in [1.82, 2.24) is 9.88 Å². The number of carbonyl (C=O) groups is 3. The number of fused-ring (bicyclic) bond motifs is 3. The van der Waals surface area contributed by atoms with Gasteiger partial charge in [-0.25, -0.2) is 4.79 Å². The number of hydrogen-bond acceptors (Lipinski definition) is 12. The number of aliphatic hydroxyl groups excluding tert-OH is 2. The van der Waals surface area contributed by atoms with Crippen molar-refractivity contribution in [1.29, 1.82) is 0 Å². The number of hydrogen-bond donors (Lipinski definition) is 4. The van der Waals surface area contributed by atoms with Crippen molar-refractivity contribution in [2.75, 3.05) is 40.0 Å². The van der Waals surface area contributed by atoms with Gasteiger partial charge >= 0.3 is 5.97 Å². The second-order valence-corrected chi connectivity index (χ2v) is 18.3. The number of esters is 1. The van der Waals surface area contributed by atoms with Gasteiger partial charge in [0, 0.05) is 67.4 Å². The Labute approximate surface area is 369 Å². The van der Waals surface area contributed by atoms with Crippen LogP contribution < -0.4 is 14.2 Å². The lowest BCUT2D eigenvalue weighted by atomic mass is 9.71. The third-order valence-electron chi connectivity index (χ3n) is 14.6. The van der Waals surface area contributed by atoms with Crippen LogP contribution in [0.25, 0.3) is 16.5 Å². The van der Waals surface area contributed by atoms with Gasteiger partial charge < -0.3 is 48.9 Å². The van der Waals surface area contributed by atoms with E-state index < -0.39 is 42.7 Å². The Hall–Kier alpha value is -4.53. The molecule has 0 radical (unpaired) electrons. The van der Waals surface area contributed by atoms with Crippen molar-refractivity contribution in [2.24, 2.45) is 11.8 Å². The summed E-state index contributed by atoms with van der Waals surface area (Å²) in [6.07, 6.45) is 10.2. The first-order chi connectivity index (χ1) is 30.6. The highest BCUT2D eigenvalue weighted by Gasteiger charge is 2.50. The second-order valence-electron chi connectivity index (χ2n) is 18.3. The van der Waals surface area contributed by atoms with Crippen molar-refractivity contribution in [3.63, 3.8) is 0 Å². The Morgan fingerprint density at radius 2 is 1.87 bits per heavy atom. The Morgan fingerprint density at radius 3 is 2.59 bits per heavy atom. The first-order valence-corrected chi connectivity index (χ1v) is 23.2. The molecule has 0 unspecified atom stereocenters. The van der Waals surface area contributed by atoms with Crippen LogP contribution in [0.4, 0.5) is 0 Å². The number of nitrogens with zero attached hydrogens (tertiary/aromatic N) is 1. The third kappa shape index (κ3) is 8.59. The lowest BCUT2D eigenvalue weighted by Gasteiger charge is -2.46. The number of likely N-dealkylation sites (tertiary alicyclic amines) is 1. The number of nitrogens with one attached hydrogen (secondary N) is 1. The summed E-state index contributed by atoms with van der Waals surface area (Å²) >= 11 is 0. The average molecular weight is 869 g/mol. The molecular formula is C50H64N2O11. The number of aliphatic hydroxyl groups is 3. The highest BCUT2D eigenvalue weighted by molar-refractivity contribution is 6.11. The summed E-state index contributed by atoms with van der Waals surface area (Å²) in [5.41, 5.74) is 2.72. The highest BCUT2D eigenvalue weighted by Crippen LogP contribution is 2.58. The number of rotatable bonds is 15. The summed E-state index contributed by atoms with van der Waals surface area (Å²) in [4.78, 5) is 47.3. The van der Waals surface area contributed by atoms with Gasteiger partial charge in [0.1, 0.15) is 34.7 Å². The molecule has 2 saturated carbocycles. The molecule has 3 aromatic rings. The van der Waals surface area contributed by atoms with E-state index in [-0.39, 0.29) is 72.4 Å². The summed E-state index contributed by atoms with van der Waals surface area (Å²) in [5.74, 6) is -1.99. The van der Waals surface area contributed by atoms with Gasteiger partial charge in [-0.15, -0.1) is 0 Å². The van der Waals surface area contributed by atoms with Gasteiger partial charge in [-0.3, -0.25) is 9.59 Å². The number of aromatic nitrogens is 1. The minimum atomic E-state index is -1.28. The van der Waals surface area contributed by atoms with E-state index in [0.29, 0.717) is 46.7 Å². The SMILES string of the molecule is CCOC(=O)C1=C(C=O)C(=C2C[C@H](CO)C(=O)[C@H](c3ccc4[nH]ccc4c3)C2)c2c(c(CO)c3c(c2OC2CCCCC2)C[C@@H]([C@](C)(O)[C@@H]2CCN(CCCOC)[C@@H](CC)C2)O3)O1. The maximum Gasteiger partial charge on any atom is 0.375 e. The Bertz CT molecular complexity index is 2250. The molecule has 2 aromatic carbocycles. The zero-order chi connectivity index (χ0) is 44.4. The van der Waals surface area contributed by atoms with Crippen molar-refractivity contribution < 1.29 is 53.4 Å². The molecule has 6 atom stereocenters. The zero-order valence-electron chi connectivity index (χ0n) is 37.2. The number of Topliss-reactive ketones (excluding diaryl/α,β-unsaturated/α-hetero) is 1. The van der Waals surface area contributed by atoms with Crippen LogP contribution in [0.1, 0.15) is 120 Å². The van der Waals surface area contributed by atoms with E-state index in [0.717, 1.165) is 87.3 Å². The molecule has 1 saturated heterocycles. The van der Waals surface area contributed by atoms with Crippen LogP contribution >= 0.6 is 0 Å². The number of aromatic amines is 1. The minimum absolute atomic E-state index is 0.0132. The first kappa shape index (κ1) is 45.1. The van der Waals surface area contributed by atoms with Gasteiger partial charge in [-0.05, 0) is 120 Å². The van der Waals surface area contributed by atoms with Gasteiger partial charge in [-0.1, -0.05) is 25.0 Å². The van der Waals surface area contributed by atoms with Crippen molar-refractivity contribution >= 4 is 34.5 Å². The van der Waals surface area contributed by atoms with Gasteiger partial charge in [0.2, 0.25) is 5.76 Å². The van der Waals surface area contributed by atoms with Crippen LogP contribution in [0.5, 0.6) is 17.2 Å². The monoisotopic (exact) mass is 868 g/mol. The van der Waals surface area contributed by atoms with Gasteiger partial charge in [0.15, 0.2) is 6.29 Å². The molecule has 8 rings (SSSR count). The fourth-order valence-electron chi connectivity index (χ4n) is 11.1. The molecule has 3 fully saturated rings. The smallest absolute Gasteiger partial charge is 0.375 e. The quantitative estimate of drug-likeness (QED) is 0.0710. The molecule has 2 aliphatic carbocycles. The van der Waals surface area contributed by atoms with E-state index in [1.54, 1.807) is 14.0 Å². The Morgan fingerprint density at radius 1 is 1.06 bits per heavy atom. The summed E-state index contributed by atoms with van der Waals surface area (Å²) < 4.78 is 31.3. The number of H-pyrrole nitrogens is 1. The molecule has 4 N–H and O–H groups in total. The van der Waals surface area contributed by atoms with E-state index >= 15 is 0 Å². The molecule has 13 nitrogen and oxygen atoms in total. The molecule has 0 bridgehead atoms. The third-order valence-corrected chi connectivity index (χ3v) is 14.6. The maximum atomic E-state index is 14.2. The standard InChI is InChI=1S/C50H64N2O11/c1-5-34-24-33(16-19-52(34)18-10-20-59-4)50(3,58)41-25-37-45(62-41)39(28-55)47-43(46(37)61-35-11-8-7-9-12-35)42(38(27-54)48(63-47)49(57)60-6-2)31-22-32(26-53)44(56)36(23-31)29-13-14-40-30(21-29)15-17-51-40/h13-15,17,21,27,32-36,41,51,53,55,58H,5-12,16,18-20,22-26,28H2,1-4H3/t32-,33-,34+,36+,41+,50-/m1/s1. The van der Waals surface area contributed by atoms with Crippen molar-refractivity contribution in [3.8, 4) is 17.2 Å². The zero-order valence-corrected chi connectivity index (χ0v) is 37.2. The summed E-state index contributed by atoms with van der Waals surface area (Å²) in [7, 11) is 1.72. The second kappa shape index (κ2) is 19.3. The van der Waals surface area contributed by atoms with Crippen LogP contribution in [0, 0.1) is 11.8 Å². The molecule has 63 heavy (non-hydrogen) atoms. The Kier molecular flexibility index (Phi) is 13.8. The molecule has 1 aromatic heterocycles. The molecule has 3 aliphatic heterocycles. The number of aldehydes is 1. The largest absolute Gasteiger partial charge is 0.489 e. The number of methoxy groups -OCH3 is 1. The Balaban J connectivity index is 1.28. The van der Waals surface area contributed by atoms with E-state index in [1.807, 2.05) is 37.4 Å². The number of carbonyl (C=O) groups excluding carboxylic acids is 3. The van der Waals surface area contributed by atoms with Gasteiger partial charge in [0.05, 0.1) is 42.6 Å². The lowest BCUT2D eigenvalue weighted by molar-refractivity contribution is -0.141. The summed E-state index contributed by atoms with van der Waals surface area (Å²) in [5, 5.41) is 35.7. The average Bonchev–Trinajstić information content (AvgIpc) is 3.97. The predicted molar refractivity (Wildman–Crippen MR) is 237 cm³/mol. The number of benzene rings is 2. The van der Waals surface area contributed by atoms with Gasteiger partial charge in [0.25, 0.3) is 0 Å². The van der Waals surface area contributed by atoms with Crippen LogP contribution in [-0.2, 0) is 36.9 Å². The van der Waals surface area contributed by atoms with E-state index in [1.165, 1.54) is 0 Å². The van der Waals surface area contributed by atoms with Crippen LogP contribution in [0.3, 0.4) is 0 Å². The minimum Gasteiger partial charge on any atom is -0.489 e. The molecule has 5 aliphatic rings. The van der Waals surface area contributed by atoms with Crippen LogP contribution in [-0.4, -0.2) is 107 Å². The molecule has 340 valence electrons. The molecular weight excluding hydrogens is 805 g/mol. The van der Waals surface area contributed by atoms with Crippen LogP contribution in [0.15, 0.2) is 47.4 Å². The predicted octanol–water partition coefficient (Wildman–Crippen LogP) is 6.87. The normalized spacial score (nSPS) is 26.5. The fraction of sp³-hybridized carbons (Fsp3) is 0.580. The highest BCUT2D eigenvalue weighted by atomic mass is 16.6. The number of ether oxygens (including phenoxy) is 5. The van der Waals surface area contributed by atoms with Gasteiger partial charge in [-0.2, -0.15) is 0 Å². The maximum absolute atomic E-state index is 14.2. The van der Waals surface area contributed by atoms with E-state index in [4.69, 9.17) is 23.7 Å². The van der Waals surface area contributed by atoms with Crippen molar-refractivity contribution in [2.45, 2.75) is 134 Å². The molecule has 0 spiro atoms. The molecule has 4 heterocycles. The summed E-state index contributed by atoms with van der Waals surface area (Å²) in [6, 6.07) is 8.04. The topological polar surface area (TPSA) is 177 Å². The fourth-order valence-corrected chi connectivity index (χ4v) is 11.1. The van der Waals surface area contributed by atoms with Crippen molar-refractivity contribution in [3.05, 3.63) is 69.6 Å². The number of allylic oxidation sites excluding steroid dienone is 3. The van der Waals surface area contributed by atoms with E-state index in [9.17, 15) is 29.7 Å². The molecule has 13 heteroatoms. The van der Waals surface area contributed by atoms with Crippen LogP contribution in [0.2, 0.25) is 0 Å². The van der Waals surface area contributed by atoms with E-state index in [2.05, 4.69) is 16.8 Å². The first-order valence-electron chi connectivity index (χ1n) is 23.2. The molecule has 0 amide bonds. The summed E-state index contributed by atoms with van der Waals surface area (Å²) in [6.45, 7) is 7.22.